The van der Waals surface area contributed by atoms with Gasteiger partial charge in [0, 0.05) is 6.20 Å². The Morgan fingerprint density at radius 2 is 2.10 bits per heavy atom. The summed E-state index contributed by atoms with van der Waals surface area (Å²) >= 11 is 0. The minimum Gasteiger partial charge on any atom is -0.384 e. The van der Waals surface area contributed by atoms with Crippen LogP contribution < -0.4 is 5.73 Å². The molecule has 0 fully saturated rings. The lowest BCUT2D eigenvalue weighted by Gasteiger charge is -1.82. The van der Waals surface area contributed by atoms with Crippen molar-refractivity contribution in [1.29, 1.82) is 10.5 Å². The van der Waals surface area contributed by atoms with Crippen LogP contribution in [0.2, 0.25) is 0 Å². The molecule has 1 rings (SSSR count). The fraction of sp³-hybridized carbons (Fsp3) is 0. The lowest BCUT2D eigenvalue weighted by Crippen LogP contribution is -1.87. The zero-order chi connectivity index (χ0) is 7.56. The van der Waals surface area contributed by atoms with Crippen molar-refractivity contribution < 1.29 is 0 Å². The van der Waals surface area contributed by atoms with Crippen LogP contribution in [0.3, 0.4) is 0 Å². The van der Waals surface area contributed by atoms with Gasteiger partial charge in [0.2, 0.25) is 0 Å². The van der Waals surface area contributed by atoms with E-state index in [0.29, 0.717) is 5.56 Å². The van der Waals surface area contributed by atoms with Gasteiger partial charge >= 0.3 is 0 Å². The lowest BCUT2D eigenvalue weighted by molar-refractivity contribution is 1.40. The number of aromatic amines is 1. The number of nitrogens with two attached hydrogens (primary N) is 1. The third-order valence-corrected chi connectivity index (χ3v) is 1.14. The monoisotopic (exact) mass is 132 g/mol. The Balaban J connectivity index is 3.34. The Morgan fingerprint density at radius 3 is 2.50 bits per heavy atom. The van der Waals surface area contributed by atoms with Crippen molar-refractivity contribution in [3.8, 4) is 12.1 Å². The molecular weight excluding hydrogens is 128 g/mol. The summed E-state index contributed by atoms with van der Waals surface area (Å²) in [6, 6.07) is 3.65. The molecule has 0 spiro atoms. The highest BCUT2D eigenvalue weighted by molar-refractivity contribution is 5.58. The first-order valence-electron chi connectivity index (χ1n) is 2.56. The minimum absolute atomic E-state index is 0.225. The van der Waals surface area contributed by atoms with Crippen LogP contribution in [-0.4, -0.2) is 4.98 Å². The molecule has 1 heterocycles. The molecule has 10 heavy (non-hydrogen) atoms. The second-order valence-electron chi connectivity index (χ2n) is 1.71. The average Bonchev–Trinajstić information content (AvgIpc) is 2.30. The van der Waals surface area contributed by atoms with E-state index in [9.17, 15) is 0 Å². The van der Waals surface area contributed by atoms with E-state index in [2.05, 4.69) is 4.98 Å². The third kappa shape index (κ3) is 0.684. The molecule has 1 aromatic rings. The number of hydrogen-bond acceptors (Lipinski definition) is 3. The number of nitrogens with zero attached hydrogens (tertiary/aromatic N) is 2. The van der Waals surface area contributed by atoms with Gasteiger partial charge in [0.05, 0.1) is 5.56 Å². The molecule has 4 heteroatoms. The van der Waals surface area contributed by atoms with Gasteiger partial charge in [0.15, 0.2) is 0 Å². The summed E-state index contributed by atoms with van der Waals surface area (Å²) in [6.45, 7) is 0. The number of nitrogen functional groups attached to an aromatic ring is 1. The molecule has 0 bridgehead atoms. The normalized spacial score (nSPS) is 8.20. The first-order chi connectivity index (χ1) is 4.79. The summed E-state index contributed by atoms with van der Waals surface area (Å²) in [7, 11) is 0. The number of anilines is 1. The number of aromatic nitrogens is 1. The fourth-order valence-electron chi connectivity index (χ4n) is 0.648. The van der Waals surface area contributed by atoms with Crippen molar-refractivity contribution >= 4 is 5.82 Å². The predicted molar refractivity (Wildman–Crippen MR) is 34.6 cm³/mol. The fourth-order valence-corrected chi connectivity index (χ4v) is 0.648. The molecule has 1 aromatic heterocycles. The van der Waals surface area contributed by atoms with Crippen molar-refractivity contribution in [3.63, 3.8) is 0 Å². The van der Waals surface area contributed by atoms with E-state index >= 15 is 0 Å². The number of hydrogen-bond donors (Lipinski definition) is 2. The van der Waals surface area contributed by atoms with Gasteiger partial charge < -0.3 is 10.7 Å². The molecule has 0 aromatic carbocycles. The highest BCUT2D eigenvalue weighted by Crippen LogP contribution is 2.12. The van der Waals surface area contributed by atoms with E-state index in [4.69, 9.17) is 16.3 Å². The van der Waals surface area contributed by atoms with Crippen molar-refractivity contribution in [3.05, 3.63) is 17.3 Å². The van der Waals surface area contributed by atoms with Gasteiger partial charge in [0.1, 0.15) is 23.5 Å². The van der Waals surface area contributed by atoms with Crippen molar-refractivity contribution in [2.24, 2.45) is 0 Å². The summed E-state index contributed by atoms with van der Waals surface area (Å²) in [5.41, 5.74) is 5.81. The Morgan fingerprint density at radius 1 is 1.40 bits per heavy atom. The van der Waals surface area contributed by atoms with Crippen LogP contribution in [0.1, 0.15) is 11.1 Å². The molecule has 0 aliphatic heterocycles. The van der Waals surface area contributed by atoms with Gasteiger partial charge in [-0.25, -0.2) is 0 Å². The topological polar surface area (TPSA) is 89.4 Å². The second-order valence-corrected chi connectivity index (χ2v) is 1.71. The molecule has 0 aliphatic rings. The van der Waals surface area contributed by atoms with Gasteiger partial charge in [0.25, 0.3) is 0 Å². The van der Waals surface area contributed by atoms with Gasteiger partial charge in [-0.1, -0.05) is 0 Å². The van der Waals surface area contributed by atoms with Crippen molar-refractivity contribution in [2.45, 2.75) is 0 Å². The Hall–Kier alpha value is -1.94. The van der Waals surface area contributed by atoms with Gasteiger partial charge in [-0.3, -0.25) is 0 Å². The minimum atomic E-state index is 0.225. The van der Waals surface area contributed by atoms with Crippen molar-refractivity contribution in [1.82, 2.24) is 4.98 Å². The number of H-pyrrole nitrogens is 1. The number of nitriles is 2. The highest BCUT2D eigenvalue weighted by Gasteiger charge is 2.05. The zero-order valence-electron chi connectivity index (χ0n) is 5.05. The SMILES string of the molecule is N#Cc1c[nH]c(N)c1C#N. The van der Waals surface area contributed by atoms with Crippen LogP contribution in [0, 0.1) is 22.7 Å². The molecule has 0 unspecified atom stereocenters. The van der Waals surface area contributed by atoms with Crippen LogP contribution in [0.5, 0.6) is 0 Å². The van der Waals surface area contributed by atoms with E-state index in [1.165, 1.54) is 6.20 Å². The Bertz CT molecular complexity index is 322. The van der Waals surface area contributed by atoms with Crippen LogP contribution >= 0.6 is 0 Å². The largest absolute Gasteiger partial charge is 0.384 e. The molecule has 0 radical (unpaired) electrons. The first kappa shape index (κ1) is 6.18. The van der Waals surface area contributed by atoms with E-state index in [1.807, 2.05) is 12.1 Å². The molecule has 0 amide bonds. The average molecular weight is 132 g/mol. The summed E-state index contributed by atoms with van der Waals surface area (Å²) < 4.78 is 0. The maximum atomic E-state index is 8.42. The molecule has 0 saturated carbocycles. The molecule has 0 atom stereocenters. The Labute approximate surface area is 57.5 Å². The molecule has 0 saturated heterocycles. The third-order valence-electron chi connectivity index (χ3n) is 1.14. The number of rotatable bonds is 0. The molecule has 48 valence electrons. The van der Waals surface area contributed by atoms with Gasteiger partial charge in [-0.05, 0) is 0 Å². The Kier molecular flexibility index (Phi) is 1.31. The van der Waals surface area contributed by atoms with E-state index in [0.717, 1.165) is 0 Å². The van der Waals surface area contributed by atoms with Crippen LogP contribution in [0.4, 0.5) is 5.82 Å². The standard InChI is InChI=1S/C6H4N4/c7-1-4-3-10-6(9)5(4)2-8/h3,10H,9H2. The van der Waals surface area contributed by atoms with Crippen molar-refractivity contribution in [2.75, 3.05) is 5.73 Å². The predicted octanol–water partition coefficient (Wildman–Crippen LogP) is 0.340. The molecule has 4 nitrogen and oxygen atoms in total. The lowest BCUT2D eigenvalue weighted by atomic mass is 10.2. The maximum Gasteiger partial charge on any atom is 0.120 e. The summed E-state index contributed by atoms with van der Waals surface area (Å²) in [5, 5.41) is 16.8. The summed E-state index contributed by atoms with van der Waals surface area (Å²) in [6.07, 6.45) is 1.41. The van der Waals surface area contributed by atoms with E-state index < -0.39 is 0 Å². The van der Waals surface area contributed by atoms with E-state index in [1.54, 1.807) is 0 Å². The molecular formula is C6H4N4. The maximum absolute atomic E-state index is 8.42. The number of nitrogens with one attached hydrogen (secondary N) is 1. The highest BCUT2D eigenvalue weighted by atomic mass is 14.8. The molecule has 3 N–H and O–H groups in total. The van der Waals surface area contributed by atoms with Crippen LogP contribution in [0.25, 0.3) is 0 Å². The van der Waals surface area contributed by atoms with Crippen LogP contribution in [0.15, 0.2) is 6.20 Å². The first-order valence-corrected chi connectivity index (χ1v) is 2.56. The van der Waals surface area contributed by atoms with Crippen LogP contribution in [-0.2, 0) is 0 Å². The van der Waals surface area contributed by atoms with Gasteiger partial charge in [-0.2, -0.15) is 10.5 Å². The summed E-state index contributed by atoms with van der Waals surface area (Å²) in [4.78, 5) is 2.57. The summed E-state index contributed by atoms with van der Waals surface area (Å²) in [5.74, 6) is 0.249. The smallest absolute Gasteiger partial charge is 0.120 e. The molecule has 0 aliphatic carbocycles. The second kappa shape index (κ2) is 2.12. The quantitative estimate of drug-likeness (QED) is 0.533. The zero-order valence-corrected chi connectivity index (χ0v) is 5.05. The van der Waals surface area contributed by atoms with Gasteiger partial charge in [-0.15, -0.1) is 0 Å². The van der Waals surface area contributed by atoms with E-state index in [-0.39, 0.29) is 11.4 Å².